The second-order valence-electron chi connectivity index (χ2n) is 9.35. The van der Waals surface area contributed by atoms with Gasteiger partial charge in [-0.05, 0) is 59.2 Å². The van der Waals surface area contributed by atoms with Gasteiger partial charge in [0, 0.05) is 36.7 Å². The van der Waals surface area contributed by atoms with Crippen molar-refractivity contribution in [2.75, 3.05) is 27.4 Å². The third-order valence-corrected chi connectivity index (χ3v) is 6.68. The molecule has 4 rings (SSSR count). The van der Waals surface area contributed by atoms with Crippen molar-refractivity contribution in [1.82, 2.24) is 30.1 Å². The van der Waals surface area contributed by atoms with Gasteiger partial charge in [0.25, 0.3) is 5.56 Å². The van der Waals surface area contributed by atoms with Gasteiger partial charge in [-0.1, -0.05) is 61.2 Å². The molecule has 1 atom stereocenters. The van der Waals surface area contributed by atoms with Gasteiger partial charge in [0.15, 0.2) is 5.82 Å². The Kier molecular flexibility index (Phi) is 10.1. The highest BCUT2D eigenvalue weighted by atomic mass is 16.5. The Labute approximate surface area is 234 Å². The first-order valence-corrected chi connectivity index (χ1v) is 13.3. The minimum Gasteiger partial charge on any atom is -0.497 e. The van der Waals surface area contributed by atoms with Gasteiger partial charge < -0.3 is 14.5 Å². The summed E-state index contributed by atoms with van der Waals surface area (Å²) >= 11 is 0. The van der Waals surface area contributed by atoms with Crippen LogP contribution in [0.25, 0.3) is 10.9 Å². The van der Waals surface area contributed by atoms with E-state index in [0.717, 1.165) is 28.5 Å². The molecule has 2 aromatic heterocycles. The number of rotatable bonds is 14. The average molecular weight is 541 g/mol. The Morgan fingerprint density at radius 1 is 1.18 bits per heavy atom. The molecule has 0 saturated heterocycles. The summed E-state index contributed by atoms with van der Waals surface area (Å²) in [5.74, 6) is 1.28. The van der Waals surface area contributed by atoms with Crippen LogP contribution in [0.15, 0.2) is 95.8 Å². The third kappa shape index (κ3) is 6.99. The molecule has 0 saturated carbocycles. The Balaban J connectivity index is 1.88. The third-order valence-electron chi connectivity index (χ3n) is 6.68. The lowest BCUT2D eigenvalue weighted by molar-refractivity contribution is 0.172. The number of H-pyrrole nitrogens is 1. The summed E-state index contributed by atoms with van der Waals surface area (Å²) in [6.07, 6.45) is 8.63. The normalized spacial score (nSPS) is 12.8. The molecule has 0 amide bonds. The Morgan fingerprint density at radius 3 is 2.73 bits per heavy atom. The molecular formula is C31H36N6O3. The van der Waals surface area contributed by atoms with E-state index in [0.29, 0.717) is 43.4 Å². The topological polar surface area (TPSA) is 98.2 Å². The summed E-state index contributed by atoms with van der Waals surface area (Å²) in [6, 6.07) is 17.2. The first kappa shape index (κ1) is 28.7. The predicted molar refractivity (Wildman–Crippen MR) is 157 cm³/mol. The van der Waals surface area contributed by atoms with Gasteiger partial charge in [0.05, 0.1) is 20.3 Å². The van der Waals surface area contributed by atoms with Crippen LogP contribution in [0.2, 0.25) is 0 Å². The zero-order valence-corrected chi connectivity index (χ0v) is 23.3. The maximum absolute atomic E-state index is 13.7. The number of allylic oxidation sites excluding steroid dienone is 4. The Morgan fingerprint density at radius 2 is 2.00 bits per heavy atom. The van der Waals surface area contributed by atoms with Crippen LogP contribution < -0.4 is 10.3 Å². The number of methoxy groups -OCH3 is 2. The lowest BCUT2D eigenvalue weighted by Crippen LogP contribution is -2.36. The molecule has 0 fully saturated rings. The van der Waals surface area contributed by atoms with E-state index in [1.165, 1.54) is 0 Å². The number of hydrogen-bond acceptors (Lipinski definition) is 7. The lowest BCUT2D eigenvalue weighted by atomic mass is 10.0. The summed E-state index contributed by atoms with van der Waals surface area (Å²) < 4.78 is 12.5. The summed E-state index contributed by atoms with van der Waals surface area (Å²) in [7, 11) is 3.26. The molecule has 0 aliphatic carbocycles. The zero-order chi connectivity index (χ0) is 28.3. The van der Waals surface area contributed by atoms with E-state index in [1.807, 2.05) is 61.5 Å². The molecule has 2 aromatic carbocycles. The molecule has 0 bridgehead atoms. The number of tetrazole rings is 1. The van der Waals surface area contributed by atoms with Gasteiger partial charge in [0.1, 0.15) is 11.8 Å². The molecule has 208 valence electrons. The summed E-state index contributed by atoms with van der Waals surface area (Å²) in [5, 5.41) is 13.5. The van der Waals surface area contributed by atoms with Gasteiger partial charge in [-0.15, -0.1) is 5.10 Å². The number of aromatic nitrogens is 5. The zero-order valence-electron chi connectivity index (χ0n) is 23.3. The van der Waals surface area contributed by atoms with Crippen LogP contribution in [-0.2, 0) is 17.8 Å². The number of benzene rings is 2. The molecule has 1 unspecified atom stereocenters. The predicted octanol–water partition coefficient (Wildman–Crippen LogP) is 4.84. The highest BCUT2D eigenvalue weighted by molar-refractivity contribution is 5.80. The smallest absolute Gasteiger partial charge is 0.253 e. The number of ether oxygens (including phenoxy) is 2. The fourth-order valence-corrected chi connectivity index (χ4v) is 4.75. The van der Waals surface area contributed by atoms with Gasteiger partial charge in [-0.25, -0.2) is 4.68 Å². The molecule has 0 aliphatic heterocycles. The Bertz CT molecular complexity index is 1520. The van der Waals surface area contributed by atoms with Crippen LogP contribution >= 0.6 is 0 Å². The quantitative estimate of drug-likeness (QED) is 0.229. The van der Waals surface area contributed by atoms with Gasteiger partial charge in [-0.2, -0.15) is 0 Å². The molecule has 9 nitrogen and oxygen atoms in total. The van der Waals surface area contributed by atoms with Crippen LogP contribution in [0.3, 0.4) is 0 Å². The maximum Gasteiger partial charge on any atom is 0.253 e. The average Bonchev–Trinajstić information content (AvgIpc) is 3.43. The highest BCUT2D eigenvalue weighted by Gasteiger charge is 2.30. The molecule has 40 heavy (non-hydrogen) atoms. The monoisotopic (exact) mass is 540 g/mol. The number of nitrogens with zero attached hydrogens (tertiary/aromatic N) is 5. The number of aromatic amines is 1. The van der Waals surface area contributed by atoms with E-state index in [1.54, 1.807) is 25.0 Å². The SMILES string of the molecule is C=CC=C(C=CC)CCN(Cc1ccccc1)C(c1cc2cc(OC)ccc2[nH]c1=O)c1nnnn1CCOC. The van der Waals surface area contributed by atoms with Crippen molar-refractivity contribution in [3.63, 3.8) is 0 Å². The van der Waals surface area contributed by atoms with Crippen molar-refractivity contribution in [2.24, 2.45) is 0 Å². The van der Waals surface area contributed by atoms with Crippen LogP contribution in [0, 0.1) is 0 Å². The number of fused-ring (bicyclic) bond motifs is 1. The minimum absolute atomic E-state index is 0.197. The van der Waals surface area contributed by atoms with Crippen molar-refractivity contribution >= 4 is 10.9 Å². The van der Waals surface area contributed by atoms with Crippen LogP contribution in [-0.4, -0.2) is 57.5 Å². The van der Waals surface area contributed by atoms with E-state index in [-0.39, 0.29) is 5.56 Å². The largest absolute Gasteiger partial charge is 0.497 e. The van der Waals surface area contributed by atoms with Gasteiger partial charge in [0.2, 0.25) is 0 Å². The molecule has 4 aromatic rings. The standard InChI is InChI=1S/C31H36N6O3/c1-5-10-23(11-6-2)16-17-36(22-24-12-8-7-9-13-24)29(30-33-34-35-37(30)18-19-39-3)27-21-25-20-26(40-4)14-15-28(25)32-31(27)38/h5-15,20-21,29H,1,16-19,22H2,2-4H3,(H,32,38). The van der Waals surface area contributed by atoms with Crippen molar-refractivity contribution in [1.29, 1.82) is 0 Å². The molecule has 0 aliphatic rings. The molecule has 0 radical (unpaired) electrons. The molecule has 9 heteroatoms. The van der Waals surface area contributed by atoms with Crippen molar-refractivity contribution in [3.8, 4) is 5.75 Å². The van der Waals surface area contributed by atoms with Crippen molar-refractivity contribution in [3.05, 3.63) is 118 Å². The van der Waals surface area contributed by atoms with E-state index in [9.17, 15) is 4.79 Å². The maximum atomic E-state index is 13.7. The molecule has 0 spiro atoms. The van der Waals surface area contributed by atoms with Crippen molar-refractivity contribution in [2.45, 2.75) is 32.5 Å². The highest BCUT2D eigenvalue weighted by Crippen LogP contribution is 2.30. The van der Waals surface area contributed by atoms with E-state index < -0.39 is 6.04 Å². The van der Waals surface area contributed by atoms with Gasteiger partial charge >= 0.3 is 0 Å². The summed E-state index contributed by atoms with van der Waals surface area (Å²) in [5.41, 5.74) is 3.32. The molecule has 2 heterocycles. The van der Waals surface area contributed by atoms with E-state index in [4.69, 9.17) is 9.47 Å². The first-order chi connectivity index (χ1) is 19.6. The van der Waals surface area contributed by atoms with Crippen molar-refractivity contribution < 1.29 is 9.47 Å². The Hall–Kier alpha value is -4.34. The van der Waals surface area contributed by atoms with Gasteiger partial charge in [-0.3, -0.25) is 9.69 Å². The fourth-order valence-electron chi connectivity index (χ4n) is 4.75. The molecular weight excluding hydrogens is 504 g/mol. The minimum atomic E-state index is -0.540. The summed E-state index contributed by atoms with van der Waals surface area (Å²) in [4.78, 5) is 19.0. The fraction of sp³-hybridized carbons (Fsp3) is 0.290. The van der Waals surface area contributed by atoms with Crippen LogP contribution in [0.4, 0.5) is 0 Å². The number of pyridine rings is 1. The van der Waals surface area contributed by atoms with Crippen LogP contribution in [0.1, 0.15) is 36.3 Å². The number of nitrogens with one attached hydrogen (secondary N) is 1. The van der Waals surface area contributed by atoms with E-state index in [2.05, 4.69) is 50.2 Å². The second-order valence-corrected chi connectivity index (χ2v) is 9.35. The van der Waals surface area contributed by atoms with Crippen LogP contribution in [0.5, 0.6) is 5.75 Å². The number of hydrogen-bond donors (Lipinski definition) is 1. The first-order valence-electron chi connectivity index (χ1n) is 13.3. The summed E-state index contributed by atoms with van der Waals surface area (Å²) in [6.45, 7) is 7.97. The second kappa shape index (κ2) is 14.2. The molecule has 1 N–H and O–H groups in total. The van der Waals surface area contributed by atoms with E-state index >= 15 is 0 Å². The lowest BCUT2D eigenvalue weighted by Gasteiger charge is -2.31.